The van der Waals surface area contributed by atoms with Gasteiger partial charge in [0.25, 0.3) is 0 Å². The van der Waals surface area contributed by atoms with Crippen molar-refractivity contribution < 1.29 is 37.4 Å². The van der Waals surface area contributed by atoms with E-state index in [1.807, 2.05) is 0 Å². The number of hydrogen-bond acceptors (Lipinski definition) is 6. The van der Waals surface area contributed by atoms with Gasteiger partial charge in [0, 0.05) is 38.1 Å². The molecule has 1 fully saturated rings. The molecule has 1 saturated heterocycles. The van der Waals surface area contributed by atoms with E-state index in [0.29, 0.717) is 6.42 Å². The molecule has 0 saturated carbocycles. The number of halogens is 2. The van der Waals surface area contributed by atoms with Gasteiger partial charge in [0.15, 0.2) is 11.6 Å². The summed E-state index contributed by atoms with van der Waals surface area (Å²) in [5.74, 6) is -4.36. The summed E-state index contributed by atoms with van der Waals surface area (Å²) in [6.45, 7) is 4.89. The second kappa shape index (κ2) is 12.6. The lowest BCUT2D eigenvalue weighted by molar-refractivity contribution is -0.147. The summed E-state index contributed by atoms with van der Waals surface area (Å²) in [6, 6.07) is 1.13. The van der Waals surface area contributed by atoms with Crippen molar-refractivity contribution >= 4 is 23.7 Å². The van der Waals surface area contributed by atoms with E-state index in [1.54, 1.807) is 20.8 Å². The van der Waals surface area contributed by atoms with Crippen LogP contribution in [0.5, 0.6) is 0 Å². The molecule has 2 N–H and O–H groups in total. The number of nitrogens with zero attached hydrogens (tertiary/aromatic N) is 1. The molecule has 9 nitrogen and oxygen atoms in total. The maximum atomic E-state index is 14.1. The molecule has 1 aliphatic rings. The van der Waals surface area contributed by atoms with Gasteiger partial charge in [0.2, 0.25) is 17.7 Å². The van der Waals surface area contributed by atoms with Crippen molar-refractivity contribution in [3.63, 3.8) is 0 Å². The quantitative estimate of drug-likeness (QED) is 0.450. The summed E-state index contributed by atoms with van der Waals surface area (Å²) in [4.78, 5) is 51.5. The van der Waals surface area contributed by atoms with Crippen molar-refractivity contribution in [1.29, 1.82) is 0 Å². The second-order valence-electron chi connectivity index (χ2n) is 8.87. The summed E-state index contributed by atoms with van der Waals surface area (Å²) in [7, 11) is 2.59. The van der Waals surface area contributed by atoms with E-state index in [4.69, 9.17) is 9.47 Å². The Bertz CT molecular complexity index is 942. The summed E-state index contributed by atoms with van der Waals surface area (Å²) in [5, 5.41) is 5.21. The lowest BCUT2D eigenvalue weighted by Gasteiger charge is -2.28. The predicted octanol–water partition coefficient (Wildman–Crippen LogP) is 1.68. The minimum absolute atomic E-state index is 0.0125. The third kappa shape index (κ3) is 7.20. The van der Waals surface area contributed by atoms with E-state index >= 15 is 0 Å². The molecular weight excluding hydrogens is 464 g/mol. The van der Waals surface area contributed by atoms with Gasteiger partial charge in [-0.25, -0.2) is 13.6 Å². The van der Waals surface area contributed by atoms with Crippen molar-refractivity contribution in [2.75, 3.05) is 14.2 Å². The number of benzene rings is 1. The highest BCUT2D eigenvalue weighted by molar-refractivity contribution is 5.91. The van der Waals surface area contributed by atoms with Gasteiger partial charge in [-0.05, 0) is 25.3 Å². The molecular formula is C24H33F2N3O6. The largest absolute Gasteiger partial charge is 0.467 e. The van der Waals surface area contributed by atoms with Gasteiger partial charge in [-0.3, -0.25) is 14.4 Å². The van der Waals surface area contributed by atoms with Crippen LogP contribution in [0, 0.1) is 17.6 Å². The molecule has 35 heavy (non-hydrogen) atoms. The predicted molar refractivity (Wildman–Crippen MR) is 122 cm³/mol. The van der Waals surface area contributed by atoms with Crippen LogP contribution in [0.3, 0.4) is 0 Å². The van der Waals surface area contributed by atoms with Gasteiger partial charge >= 0.3 is 5.97 Å². The maximum Gasteiger partial charge on any atom is 0.328 e. The van der Waals surface area contributed by atoms with E-state index in [2.05, 4.69) is 10.6 Å². The monoisotopic (exact) mass is 497 g/mol. The zero-order valence-electron chi connectivity index (χ0n) is 20.6. The molecule has 1 aromatic rings. The number of carbonyl (C=O) groups excluding carboxylic acids is 4. The molecule has 1 heterocycles. The van der Waals surface area contributed by atoms with Gasteiger partial charge in [-0.1, -0.05) is 26.0 Å². The lowest BCUT2D eigenvalue weighted by atomic mass is 10.0. The van der Waals surface area contributed by atoms with Crippen LogP contribution in [0.25, 0.3) is 0 Å². The van der Waals surface area contributed by atoms with E-state index < -0.39 is 53.6 Å². The zero-order valence-corrected chi connectivity index (χ0v) is 20.6. The van der Waals surface area contributed by atoms with Crippen LogP contribution in [0.15, 0.2) is 18.2 Å². The topological polar surface area (TPSA) is 114 Å². The average molecular weight is 498 g/mol. The number of esters is 1. The normalized spacial score (nSPS) is 18.2. The number of carbonyl (C=O) groups is 4. The Labute approximate surface area is 203 Å². The van der Waals surface area contributed by atoms with Crippen molar-refractivity contribution in [1.82, 2.24) is 15.5 Å². The Kier molecular flexibility index (Phi) is 10.1. The van der Waals surface area contributed by atoms with Gasteiger partial charge in [-0.15, -0.1) is 0 Å². The fourth-order valence-corrected chi connectivity index (χ4v) is 3.92. The van der Waals surface area contributed by atoms with Gasteiger partial charge in [0.1, 0.15) is 12.1 Å². The van der Waals surface area contributed by atoms with Crippen molar-refractivity contribution in [2.45, 2.75) is 70.8 Å². The van der Waals surface area contributed by atoms with Crippen molar-refractivity contribution in [3.8, 4) is 0 Å². The van der Waals surface area contributed by atoms with Crippen molar-refractivity contribution in [2.24, 2.45) is 5.92 Å². The summed E-state index contributed by atoms with van der Waals surface area (Å²) < 4.78 is 37.7. The van der Waals surface area contributed by atoms with Crippen LogP contribution in [-0.4, -0.2) is 67.0 Å². The number of hydrogen-bond donors (Lipinski definition) is 2. The molecule has 194 valence electrons. The number of likely N-dealkylation sites (tertiary alicyclic amines) is 1. The molecule has 0 aliphatic carbocycles. The lowest BCUT2D eigenvalue weighted by Crippen LogP contribution is -2.57. The Morgan fingerprint density at radius 3 is 2.40 bits per heavy atom. The van der Waals surface area contributed by atoms with Crippen LogP contribution in [0.4, 0.5) is 8.78 Å². The first-order valence-electron chi connectivity index (χ1n) is 11.4. The molecule has 0 unspecified atom stereocenters. The van der Waals surface area contributed by atoms with Crippen molar-refractivity contribution in [3.05, 3.63) is 35.4 Å². The number of methoxy groups -OCH3 is 2. The Balaban J connectivity index is 2.10. The van der Waals surface area contributed by atoms with Crippen LogP contribution in [-0.2, 0) is 35.2 Å². The minimum atomic E-state index is -1.12. The first-order chi connectivity index (χ1) is 16.5. The molecule has 4 atom stereocenters. The minimum Gasteiger partial charge on any atom is -0.467 e. The number of nitrogens with one attached hydrogen (secondary N) is 2. The van der Waals surface area contributed by atoms with E-state index in [1.165, 1.54) is 31.3 Å². The first kappa shape index (κ1) is 28.2. The molecule has 0 bridgehead atoms. The molecule has 0 spiro atoms. The van der Waals surface area contributed by atoms with Crippen LogP contribution in [0.1, 0.15) is 45.6 Å². The van der Waals surface area contributed by atoms with E-state index in [-0.39, 0.29) is 36.8 Å². The van der Waals surface area contributed by atoms with E-state index in [0.717, 1.165) is 6.07 Å². The molecule has 1 aliphatic heterocycles. The standard InChI is InChI=1S/C24H33F2N3O6/c1-13(2)21(24(33)35-5)28-23(32)22(14(3)34-4)27-18(30)11-16-9-10-19(31)29(16)12-15-7-6-8-17(25)20(15)26/h6-8,13-14,16,21-22H,9-12H2,1-5H3,(H,27,30)(H,28,32)/t14-,16+,21+,22+/m1/s1. The summed E-state index contributed by atoms with van der Waals surface area (Å²) >= 11 is 0. The second-order valence-corrected chi connectivity index (χ2v) is 8.87. The molecule has 0 aromatic heterocycles. The van der Waals surface area contributed by atoms with Crippen LogP contribution >= 0.6 is 0 Å². The molecule has 2 rings (SSSR count). The molecule has 1 aromatic carbocycles. The Hall–Kier alpha value is -3.08. The number of rotatable bonds is 11. The zero-order chi connectivity index (χ0) is 26.3. The Morgan fingerprint density at radius 1 is 1.11 bits per heavy atom. The van der Waals surface area contributed by atoms with Crippen LogP contribution in [0.2, 0.25) is 0 Å². The molecule has 11 heteroatoms. The fraction of sp³-hybridized carbons (Fsp3) is 0.583. The first-order valence-corrected chi connectivity index (χ1v) is 11.4. The number of amides is 3. The fourth-order valence-electron chi connectivity index (χ4n) is 3.92. The van der Waals surface area contributed by atoms with Gasteiger partial charge in [0.05, 0.1) is 13.2 Å². The summed E-state index contributed by atoms with van der Waals surface area (Å²) in [5.41, 5.74) is 0.0125. The average Bonchev–Trinajstić information content (AvgIpc) is 3.16. The van der Waals surface area contributed by atoms with E-state index in [9.17, 15) is 28.0 Å². The molecule has 3 amide bonds. The maximum absolute atomic E-state index is 14.1. The van der Waals surface area contributed by atoms with Gasteiger partial charge < -0.3 is 25.0 Å². The Morgan fingerprint density at radius 2 is 1.80 bits per heavy atom. The highest BCUT2D eigenvalue weighted by Crippen LogP contribution is 2.25. The third-order valence-electron chi connectivity index (χ3n) is 6.11. The highest BCUT2D eigenvalue weighted by atomic mass is 19.2. The van der Waals surface area contributed by atoms with Gasteiger partial charge in [-0.2, -0.15) is 0 Å². The smallest absolute Gasteiger partial charge is 0.328 e. The summed E-state index contributed by atoms with van der Waals surface area (Å²) in [6.07, 6.45) is -0.347. The van der Waals surface area contributed by atoms with Crippen LogP contribution < -0.4 is 10.6 Å². The SMILES string of the molecule is COC(=O)[C@@H](NC(=O)[C@@H](NC(=O)C[C@@H]1CCC(=O)N1Cc1cccc(F)c1F)[C@@H](C)OC)C(C)C. The number of ether oxygens (including phenoxy) is 2. The third-order valence-corrected chi connectivity index (χ3v) is 6.11. The highest BCUT2D eigenvalue weighted by Gasteiger charge is 2.36. The molecule has 0 radical (unpaired) electrons.